The molecule has 1 aliphatic rings. The highest BCUT2D eigenvalue weighted by atomic mass is 35.5. The van der Waals surface area contributed by atoms with E-state index in [1.54, 1.807) is 0 Å². The molecule has 0 bridgehead atoms. The highest BCUT2D eigenvalue weighted by Crippen LogP contribution is 2.27. The lowest BCUT2D eigenvalue weighted by Crippen LogP contribution is -2.43. The van der Waals surface area contributed by atoms with Gasteiger partial charge in [0.25, 0.3) is 0 Å². The van der Waals surface area contributed by atoms with Gasteiger partial charge in [0.05, 0.1) is 11.0 Å². The van der Waals surface area contributed by atoms with Crippen LogP contribution in [-0.4, -0.2) is 34.0 Å². The van der Waals surface area contributed by atoms with E-state index in [0.29, 0.717) is 17.5 Å². The minimum Gasteiger partial charge on any atom is -0.342 e. The third-order valence-electron chi connectivity index (χ3n) is 4.93. The van der Waals surface area contributed by atoms with E-state index in [9.17, 15) is 4.79 Å². The molecular weight excluding hydrogens is 348 g/mol. The van der Waals surface area contributed by atoms with E-state index < -0.39 is 0 Å². The maximum Gasteiger partial charge on any atom is 0.317 e. The fourth-order valence-corrected chi connectivity index (χ4v) is 3.54. The third kappa shape index (κ3) is 3.68. The van der Waals surface area contributed by atoms with Crippen LogP contribution in [0.15, 0.2) is 48.5 Å². The number of para-hydroxylation sites is 2. The smallest absolute Gasteiger partial charge is 0.317 e. The number of aromatic nitrogens is 2. The van der Waals surface area contributed by atoms with Crippen LogP contribution in [0.1, 0.15) is 30.1 Å². The summed E-state index contributed by atoms with van der Waals surface area (Å²) in [6, 6.07) is 15.6. The fraction of sp³-hybridized carbons (Fsp3) is 0.300. The van der Waals surface area contributed by atoms with E-state index >= 15 is 0 Å². The lowest BCUT2D eigenvalue weighted by Gasteiger charge is -2.31. The van der Waals surface area contributed by atoms with Gasteiger partial charge in [-0.1, -0.05) is 35.9 Å². The van der Waals surface area contributed by atoms with Gasteiger partial charge in [-0.2, -0.15) is 0 Å². The van der Waals surface area contributed by atoms with E-state index in [1.165, 1.54) is 0 Å². The van der Waals surface area contributed by atoms with Crippen molar-refractivity contribution in [2.75, 3.05) is 13.1 Å². The van der Waals surface area contributed by atoms with Gasteiger partial charge in [-0.15, -0.1) is 0 Å². The molecule has 0 unspecified atom stereocenters. The largest absolute Gasteiger partial charge is 0.342 e. The number of aromatic amines is 1. The molecule has 2 heterocycles. The number of carbonyl (C=O) groups is 1. The summed E-state index contributed by atoms with van der Waals surface area (Å²) >= 11 is 5.88. The number of likely N-dealkylation sites (tertiary alicyclic amines) is 1. The molecule has 2 aromatic carbocycles. The number of halogens is 1. The number of fused-ring (bicyclic) bond motifs is 1. The van der Waals surface area contributed by atoms with Gasteiger partial charge < -0.3 is 15.2 Å². The Kier molecular flexibility index (Phi) is 4.80. The number of nitrogens with one attached hydrogen (secondary N) is 2. The molecule has 0 radical (unpaired) electrons. The van der Waals surface area contributed by atoms with Gasteiger partial charge in [-0.25, -0.2) is 9.78 Å². The summed E-state index contributed by atoms with van der Waals surface area (Å²) in [6.45, 7) is 2.00. The van der Waals surface area contributed by atoms with Crippen LogP contribution in [0.25, 0.3) is 11.0 Å². The Morgan fingerprint density at radius 1 is 1.15 bits per heavy atom. The van der Waals surface area contributed by atoms with Gasteiger partial charge in [-0.3, -0.25) is 0 Å². The highest BCUT2D eigenvalue weighted by molar-refractivity contribution is 6.30. The molecule has 0 saturated carbocycles. The first-order valence-electron chi connectivity index (χ1n) is 8.91. The Morgan fingerprint density at radius 3 is 2.62 bits per heavy atom. The van der Waals surface area contributed by atoms with E-state index in [2.05, 4.69) is 10.3 Å². The maximum absolute atomic E-state index is 12.4. The van der Waals surface area contributed by atoms with E-state index in [4.69, 9.17) is 16.6 Å². The average molecular weight is 369 g/mol. The molecule has 5 nitrogen and oxygen atoms in total. The molecule has 0 aliphatic carbocycles. The highest BCUT2D eigenvalue weighted by Gasteiger charge is 2.25. The number of urea groups is 1. The average Bonchev–Trinajstić information content (AvgIpc) is 3.12. The minimum absolute atomic E-state index is 0.0111. The summed E-state index contributed by atoms with van der Waals surface area (Å²) in [5.41, 5.74) is 3.12. The molecule has 1 aliphatic heterocycles. The lowest BCUT2D eigenvalue weighted by molar-refractivity contribution is 0.180. The maximum atomic E-state index is 12.4. The number of imidazole rings is 1. The zero-order chi connectivity index (χ0) is 17.9. The van der Waals surface area contributed by atoms with Crippen molar-refractivity contribution in [3.63, 3.8) is 0 Å². The number of rotatable bonds is 3. The Bertz CT molecular complexity index is 865. The fourth-order valence-electron chi connectivity index (χ4n) is 3.41. The van der Waals surface area contributed by atoms with Crippen molar-refractivity contribution < 1.29 is 4.79 Å². The summed E-state index contributed by atoms with van der Waals surface area (Å²) < 4.78 is 0. The molecule has 1 aromatic heterocycles. The number of H-pyrrole nitrogens is 1. The van der Waals surface area contributed by atoms with Crippen molar-refractivity contribution in [2.24, 2.45) is 0 Å². The van der Waals surface area contributed by atoms with Crippen LogP contribution >= 0.6 is 11.6 Å². The molecule has 2 N–H and O–H groups in total. The third-order valence-corrected chi connectivity index (χ3v) is 5.19. The van der Waals surface area contributed by atoms with Gasteiger partial charge in [0, 0.05) is 30.6 Å². The van der Waals surface area contributed by atoms with Crippen LogP contribution < -0.4 is 5.32 Å². The second-order valence-electron chi connectivity index (χ2n) is 6.69. The molecule has 1 fully saturated rings. The number of carbonyl (C=O) groups excluding carboxylic acids is 1. The van der Waals surface area contributed by atoms with E-state index in [0.717, 1.165) is 48.4 Å². The second kappa shape index (κ2) is 7.38. The monoisotopic (exact) mass is 368 g/mol. The summed E-state index contributed by atoms with van der Waals surface area (Å²) in [6.07, 6.45) is 1.85. The number of amides is 2. The zero-order valence-electron chi connectivity index (χ0n) is 14.4. The molecule has 1 saturated heterocycles. The van der Waals surface area contributed by atoms with Gasteiger partial charge in [-0.05, 0) is 42.7 Å². The molecule has 4 rings (SSSR count). The predicted molar refractivity (Wildman–Crippen MR) is 103 cm³/mol. The Morgan fingerprint density at radius 2 is 1.88 bits per heavy atom. The molecule has 26 heavy (non-hydrogen) atoms. The molecule has 0 spiro atoms. The van der Waals surface area contributed by atoms with E-state index in [1.807, 2.05) is 53.4 Å². The zero-order valence-corrected chi connectivity index (χ0v) is 15.2. The molecule has 6 heteroatoms. The van der Waals surface area contributed by atoms with E-state index in [-0.39, 0.29) is 6.03 Å². The molecule has 3 aromatic rings. The van der Waals surface area contributed by atoms with Gasteiger partial charge in [0.1, 0.15) is 5.82 Å². The summed E-state index contributed by atoms with van der Waals surface area (Å²) in [5.74, 6) is 1.41. The first kappa shape index (κ1) is 16.9. The Balaban J connectivity index is 1.31. The number of piperidine rings is 1. The normalized spacial score (nSPS) is 15.3. The van der Waals surface area contributed by atoms with Crippen molar-refractivity contribution in [3.05, 3.63) is 64.9 Å². The standard InChI is InChI=1S/C20H21ClN4O/c21-16-7-5-14(6-8-16)13-22-20(26)25-11-9-15(10-12-25)19-23-17-3-1-2-4-18(17)24-19/h1-8,15H,9-13H2,(H,22,26)(H,23,24). The Labute approximate surface area is 157 Å². The summed E-state index contributed by atoms with van der Waals surface area (Å²) in [5, 5.41) is 3.69. The van der Waals surface area contributed by atoms with Crippen molar-refractivity contribution in [1.82, 2.24) is 20.2 Å². The van der Waals surface area contributed by atoms with Crippen molar-refractivity contribution in [2.45, 2.75) is 25.3 Å². The lowest BCUT2D eigenvalue weighted by atomic mass is 9.96. The summed E-state index contributed by atoms with van der Waals surface area (Å²) in [7, 11) is 0. The number of hydrogen-bond acceptors (Lipinski definition) is 2. The quantitative estimate of drug-likeness (QED) is 0.723. The van der Waals surface area contributed by atoms with Crippen LogP contribution in [-0.2, 0) is 6.54 Å². The van der Waals surface area contributed by atoms with Crippen LogP contribution in [0.3, 0.4) is 0 Å². The first-order chi connectivity index (χ1) is 12.7. The number of hydrogen-bond donors (Lipinski definition) is 2. The van der Waals surface area contributed by atoms with Crippen LogP contribution in [0, 0.1) is 0 Å². The molecule has 0 atom stereocenters. The number of benzene rings is 2. The molecule has 134 valence electrons. The topological polar surface area (TPSA) is 61.0 Å². The van der Waals surface area contributed by atoms with Crippen LogP contribution in [0.5, 0.6) is 0 Å². The van der Waals surface area contributed by atoms with Gasteiger partial charge >= 0.3 is 6.03 Å². The predicted octanol–water partition coefficient (Wildman–Crippen LogP) is 4.31. The molecular formula is C20H21ClN4O. The van der Waals surface area contributed by atoms with Crippen LogP contribution in [0.4, 0.5) is 4.79 Å². The number of nitrogens with zero attached hydrogens (tertiary/aromatic N) is 2. The first-order valence-corrected chi connectivity index (χ1v) is 9.29. The van der Waals surface area contributed by atoms with Crippen molar-refractivity contribution >= 4 is 28.7 Å². The second-order valence-corrected chi connectivity index (χ2v) is 7.12. The van der Waals surface area contributed by atoms with Crippen LogP contribution in [0.2, 0.25) is 5.02 Å². The van der Waals surface area contributed by atoms with Crippen molar-refractivity contribution in [3.8, 4) is 0 Å². The summed E-state index contributed by atoms with van der Waals surface area (Å²) in [4.78, 5) is 22.4. The van der Waals surface area contributed by atoms with Gasteiger partial charge in [0.15, 0.2) is 0 Å². The SMILES string of the molecule is O=C(NCc1ccc(Cl)cc1)N1CCC(c2nc3ccccc3[nH]2)CC1. The Hall–Kier alpha value is -2.53. The van der Waals surface area contributed by atoms with Gasteiger partial charge in [0.2, 0.25) is 0 Å². The van der Waals surface area contributed by atoms with Crippen molar-refractivity contribution in [1.29, 1.82) is 0 Å². The molecule has 2 amide bonds. The minimum atomic E-state index is -0.0111.